The van der Waals surface area contributed by atoms with Crippen LogP contribution < -0.4 is 15.1 Å². The molecule has 1 N–H and O–H groups in total. The quantitative estimate of drug-likeness (QED) is 0.192. The van der Waals surface area contributed by atoms with Crippen LogP contribution in [0.1, 0.15) is 35.7 Å². The van der Waals surface area contributed by atoms with Crippen molar-refractivity contribution in [1.29, 1.82) is 0 Å². The van der Waals surface area contributed by atoms with Gasteiger partial charge in [0.25, 0.3) is 0 Å². The van der Waals surface area contributed by atoms with Crippen molar-refractivity contribution in [2.24, 2.45) is 9.98 Å². The van der Waals surface area contributed by atoms with Crippen molar-refractivity contribution in [2.45, 2.75) is 19.0 Å². The Bertz CT molecular complexity index is 3380. The van der Waals surface area contributed by atoms with Gasteiger partial charge in [-0.25, -0.2) is 9.98 Å². The number of nitrogens with one attached hydrogen (secondary N) is 1. The summed E-state index contributed by atoms with van der Waals surface area (Å²) in [5.74, 6) is 1.65. The van der Waals surface area contributed by atoms with Crippen LogP contribution in [0.25, 0.3) is 76.0 Å². The number of thiophene rings is 1. The minimum absolute atomic E-state index is 0.404. The smallest absolute Gasteiger partial charge is 0.169 e. The molecule has 0 unspecified atom stereocenters. The van der Waals surface area contributed by atoms with E-state index in [4.69, 9.17) is 9.98 Å². The van der Waals surface area contributed by atoms with Crippen molar-refractivity contribution in [2.75, 3.05) is 0 Å². The third-order valence-electron chi connectivity index (χ3n) is 11.7. The predicted molar refractivity (Wildman–Crippen MR) is 237 cm³/mol. The first-order valence-electron chi connectivity index (χ1n) is 19.3. The SMILES string of the molecule is C1=c2c(sc3cc(C4N=C(c5ccc6ccccc6c5)NC(c5ccc6ccccc6c5)=N4)ccc23)=C(n2c3ccccc3c3ccc4ccccc4c32)CC1. The van der Waals surface area contributed by atoms with Crippen molar-refractivity contribution in [1.82, 2.24) is 9.88 Å². The highest BCUT2D eigenvalue weighted by molar-refractivity contribution is 7.17. The standard InChI is InChI=1S/C51H34N4S/c1-3-13-34-28-36(22-20-31(34)10-1)49-52-50(37-23-21-32-11-2-4-14-35(32)29-37)54-51(53-49)38-25-26-41-43-17-9-19-45(48(43)56-46(41)30-38)55-44-18-8-7-16-40(44)42-27-24-33-12-5-6-15-39(33)47(42)55/h1-8,10-18,20-30,51H,9,19H2,(H,52,53,54). The van der Waals surface area contributed by atoms with Crippen LogP contribution >= 0.6 is 11.3 Å². The lowest BCUT2D eigenvalue weighted by atomic mass is 10.0. The molecule has 0 radical (unpaired) electrons. The van der Waals surface area contributed by atoms with Crippen LogP contribution in [0.15, 0.2) is 174 Å². The van der Waals surface area contributed by atoms with Crippen LogP contribution in [0.4, 0.5) is 0 Å². The first kappa shape index (κ1) is 31.5. The molecule has 3 heterocycles. The maximum Gasteiger partial charge on any atom is 0.169 e. The molecule has 0 saturated carbocycles. The third kappa shape index (κ3) is 4.91. The minimum atomic E-state index is -0.404. The topological polar surface area (TPSA) is 41.7 Å². The molecule has 8 aromatic carbocycles. The van der Waals surface area contributed by atoms with Gasteiger partial charge in [0, 0.05) is 43.1 Å². The lowest BCUT2D eigenvalue weighted by Crippen LogP contribution is -2.36. The van der Waals surface area contributed by atoms with E-state index >= 15 is 0 Å². The maximum atomic E-state index is 5.31. The van der Waals surface area contributed by atoms with Crippen LogP contribution in [0, 0.1) is 0 Å². The summed E-state index contributed by atoms with van der Waals surface area (Å²) in [6, 6.07) is 59.3. The van der Waals surface area contributed by atoms with E-state index < -0.39 is 6.17 Å². The molecular weight excluding hydrogens is 701 g/mol. The molecule has 12 rings (SSSR count). The molecule has 2 aliphatic rings. The van der Waals surface area contributed by atoms with E-state index in [1.54, 1.807) is 0 Å². The third-order valence-corrected chi connectivity index (χ3v) is 12.9. The first-order valence-corrected chi connectivity index (χ1v) is 20.1. The Hall–Kier alpha value is -6.82. The molecule has 5 heteroatoms. The van der Waals surface area contributed by atoms with Gasteiger partial charge in [0.1, 0.15) is 11.7 Å². The van der Waals surface area contributed by atoms with Crippen LogP contribution in [-0.4, -0.2) is 16.2 Å². The molecule has 264 valence electrons. The number of aromatic nitrogens is 1. The average molecular weight is 735 g/mol. The number of hydrogen-bond donors (Lipinski definition) is 1. The van der Waals surface area contributed by atoms with Crippen LogP contribution in [0.2, 0.25) is 0 Å². The second-order valence-corrected chi connectivity index (χ2v) is 16.0. The van der Waals surface area contributed by atoms with Gasteiger partial charge in [0.2, 0.25) is 0 Å². The summed E-state index contributed by atoms with van der Waals surface area (Å²) in [6.07, 6.45) is 4.03. The number of para-hydroxylation sites is 1. The second kappa shape index (κ2) is 12.4. The van der Waals surface area contributed by atoms with Gasteiger partial charge in [-0.05, 0) is 74.8 Å². The Kier molecular flexibility index (Phi) is 6.95. The van der Waals surface area contributed by atoms with Crippen molar-refractivity contribution in [3.8, 4) is 0 Å². The number of aliphatic imine (C=N–C) groups is 2. The Labute approximate surface area is 326 Å². The number of hydrogen-bond acceptors (Lipinski definition) is 4. The van der Waals surface area contributed by atoms with Crippen molar-refractivity contribution in [3.63, 3.8) is 0 Å². The fourth-order valence-electron chi connectivity index (χ4n) is 8.97. The Balaban J connectivity index is 1.05. The van der Waals surface area contributed by atoms with E-state index in [9.17, 15) is 0 Å². The molecular formula is C51H34N4S. The average Bonchev–Trinajstić information content (AvgIpc) is 3.82. The summed E-state index contributed by atoms with van der Waals surface area (Å²) in [5.41, 5.74) is 7.11. The molecule has 56 heavy (non-hydrogen) atoms. The zero-order valence-electron chi connectivity index (χ0n) is 30.4. The van der Waals surface area contributed by atoms with E-state index in [0.717, 1.165) is 41.2 Å². The minimum Gasteiger partial charge on any atom is -0.324 e. The molecule has 1 aliphatic carbocycles. The normalized spacial score (nSPS) is 14.7. The first-order chi connectivity index (χ1) is 27.7. The van der Waals surface area contributed by atoms with E-state index in [2.05, 4.69) is 180 Å². The van der Waals surface area contributed by atoms with E-state index in [-0.39, 0.29) is 0 Å². The molecule has 0 bridgehead atoms. The van der Waals surface area contributed by atoms with E-state index in [1.165, 1.54) is 79.7 Å². The van der Waals surface area contributed by atoms with Crippen molar-refractivity contribution in [3.05, 3.63) is 190 Å². The zero-order chi connectivity index (χ0) is 36.7. The van der Waals surface area contributed by atoms with Gasteiger partial charge >= 0.3 is 0 Å². The number of amidine groups is 2. The van der Waals surface area contributed by atoms with Gasteiger partial charge < -0.3 is 9.88 Å². The number of benzene rings is 8. The van der Waals surface area contributed by atoms with Gasteiger partial charge in [-0.1, -0.05) is 146 Å². The van der Waals surface area contributed by atoms with Crippen molar-refractivity contribution < 1.29 is 0 Å². The Morgan fingerprint density at radius 2 is 1.14 bits per heavy atom. The summed E-state index contributed by atoms with van der Waals surface area (Å²) in [5, 5.41) is 16.2. The number of nitrogens with zero attached hydrogens (tertiary/aromatic N) is 3. The van der Waals surface area contributed by atoms with Gasteiger partial charge in [-0.15, -0.1) is 11.3 Å². The van der Waals surface area contributed by atoms with Gasteiger partial charge in [-0.2, -0.15) is 0 Å². The fraction of sp³-hybridized carbons (Fsp3) is 0.0588. The monoisotopic (exact) mass is 734 g/mol. The molecule has 10 aromatic rings. The van der Waals surface area contributed by atoms with Crippen LogP contribution in [-0.2, 0) is 0 Å². The molecule has 2 aromatic heterocycles. The molecule has 0 spiro atoms. The van der Waals surface area contributed by atoms with E-state index in [1.807, 2.05) is 11.3 Å². The molecule has 0 amide bonds. The Morgan fingerprint density at radius 1 is 0.536 bits per heavy atom. The number of fused-ring (bicyclic) bond motifs is 10. The highest BCUT2D eigenvalue weighted by atomic mass is 32.1. The van der Waals surface area contributed by atoms with E-state index in [0.29, 0.717) is 0 Å². The highest BCUT2D eigenvalue weighted by Crippen LogP contribution is 2.38. The molecule has 0 fully saturated rings. The molecule has 1 aliphatic heterocycles. The lowest BCUT2D eigenvalue weighted by molar-refractivity contribution is 0.757. The van der Waals surface area contributed by atoms with Gasteiger partial charge in [-0.3, -0.25) is 0 Å². The maximum absolute atomic E-state index is 5.31. The summed E-state index contributed by atoms with van der Waals surface area (Å²) in [6.45, 7) is 0. The fourth-order valence-corrected chi connectivity index (χ4v) is 10.3. The Morgan fingerprint density at radius 3 is 1.88 bits per heavy atom. The zero-order valence-corrected chi connectivity index (χ0v) is 31.2. The number of rotatable bonds is 4. The molecule has 4 nitrogen and oxygen atoms in total. The molecule has 0 saturated heterocycles. The highest BCUT2D eigenvalue weighted by Gasteiger charge is 2.23. The predicted octanol–water partition coefficient (Wildman–Crippen LogP) is 11.2. The second-order valence-electron chi connectivity index (χ2n) is 14.9. The summed E-state index contributed by atoms with van der Waals surface area (Å²) in [7, 11) is 0. The van der Waals surface area contributed by atoms with Gasteiger partial charge in [0.05, 0.1) is 15.6 Å². The van der Waals surface area contributed by atoms with Crippen molar-refractivity contribution >= 4 is 99.0 Å². The lowest BCUT2D eigenvalue weighted by Gasteiger charge is -2.23. The molecule has 0 atom stereocenters. The van der Waals surface area contributed by atoms with Gasteiger partial charge in [0.15, 0.2) is 6.17 Å². The largest absolute Gasteiger partial charge is 0.324 e. The summed E-state index contributed by atoms with van der Waals surface area (Å²) < 4.78 is 5.18. The van der Waals surface area contributed by atoms with Crippen LogP contribution in [0.5, 0.6) is 0 Å². The summed E-state index contributed by atoms with van der Waals surface area (Å²) >= 11 is 1.90. The van der Waals surface area contributed by atoms with Crippen LogP contribution in [0.3, 0.4) is 0 Å². The summed E-state index contributed by atoms with van der Waals surface area (Å²) in [4.78, 5) is 10.6.